The van der Waals surface area contributed by atoms with Crippen LogP contribution in [0.2, 0.25) is 0 Å². The summed E-state index contributed by atoms with van der Waals surface area (Å²) in [5.41, 5.74) is 1.15. The summed E-state index contributed by atoms with van der Waals surface area (Å²) in [6, 6.07) is 17.8. The third-order valence-electron chi connectivity index (χ3n) is 2.66. The van der Waals surface area contributed by atoms with E-state index in [0.717, 1.165) is 23.6 Å². The van der Waals surface area contributed by atoms with Crippen LogP contribution in [0.1, 0.15) is 5.56 Å². The Labute approximate surface area is 100 Å². The zero-order chi connectivity index (χ0) is 11.5. The summed E-state index contributed by atoms with van der Waals surface area (Å²) in [6.45, 7) is 1.19. The monoisotopic (exact) mass is 227 g/mol. The van der Waals surface area contributed by atoms with E-state index in [4.69, 9.17) is 9.57 Å². The first-order valence-electron chi connectivity index (χ1n) is 5.60. The van der Waals surface area contributed by atoms with Gasteiger partial charge in [0.1, 0.15) is 11.5 Å². The molecule has 1 aliphatic rings. The zero-order valence-electron chi connectivity index (χ0n) is 9.37. The van der Waals surface area contributed by atoms with Crippen LogP contribution in [0.3, 0.4) is 0 Å². The number of rotatable bonds is 2. The van der Waals surface area contributed by atoms with E-state index in [1.165, 1.54) is 0 Å². The molecule has 0 saturated carbocycles. The molecule has 2 aromatic carbocycles. The summed E-state index contributed by atoms with van der Waals surface area (Å²) in [5.74, 6) is 1.77. The third-order valence-corrected chi connectivity index (χ3v) is 2.66. The Kier molecular flexibility index (Phi) is 2.68. The number of ether oxygens (including phenoxy) is 1. The van der Waals surface area contributed by atoms with Gasteiger partial charge in [-0.15, -0.1) is 5.06 Å². The number of nitrogens with zero attached hydrogens (tertiary/aromatic N) is 1. The van der Waals surface area contributed by atoms with Crippen molar-refractivity contribution in [3.8, 4) is 11.5 Å². The Morgan fingerprint density at radius 2 is 1.71 bits per heavy atom. The SMILES string of the molecule is c1ccc(ON2COc3ccccc3C2)cc1. The topological polar surface area (TPSA) is 21.7 Å². The first-order chi connectivity index (χ1) is 8.42. The van der Waals surface area contributed by atoms with Crippen LogP contribution in [0, 0.1) is 0 Å². The van der Waals surface area contributed by atoms with Gasteiger partial charge in [0.2, 0.25) is 0 Å². The molecule has 3 nitrogen and oxygen atoms in total. The van der Waals surface area contributed by atoms with E-state index in [-0.39, 0.29) is 0 Å². The lowest BCUT2D eigenvalue weighted by Crippen LogP contribution is -2.34. The Morgan fingerprint density at radius 1 is 0.941 bits per heavy atom. The van der Waals surface area contributed by atoms with E-state index in [9.17, 15) is 0 Å². The molecular formula is C14H13NO2. The van der Waals surface area contributed by atoms with Gasteiger partial charge >= 0.3 is 0 Å². The predicted octanol–water partition coefficient (Wildman–Crippen LogP) is 2.83. The molecule has 2 aromatic rings. The number of hydrogen-bond donors (Lipinski definition) is 0. The third kappa shape index (κ3) is 2.24. The molecule has 0 saturated heterocycles. The Bertz CT molecular complexity index is 499. The molecule has 0 spiro atoms. The van der Waals surface area contributed by atoms with Gasteiger partial charge in [-0.05, 0) is 18.2 Å². The van der Waals surface area contributed by atoms with Crippen LogP contribution in [-0.2, 0) is 6.54 Å². The molecule has 0 radical (unpaired) electrons. The molecule has 86 valence electrons. The van der Waals surface area contributed by atoms with Gasteiger partial charge in [0, 0.05) is 5.56 Å². The highest BCUT2D eigenvalue weighted by atomic mass is 16.7. The highest BCUT2D eigenvalue weighted by molar-refractivity contribution is 5.34. The average Bonchev–Trinajstić information content (AvgIpc) is 2.40. The van der Waals surface area contributed by atoms with E-state index in [0.29, 0.717) is 6.73 Å². The quantitative estimate of drug-likeness (QED) is 0.787. The summed E-state index contributed by atoms with van der Waals surface area (Å²) < 4.78 is 5.61. The van der Waals surface area contributed by atoms with E-state index in [2.05, 4.69) is 6.07 Å². The van der Waals surface area contributed by atoms with Gasteiger partial charge in [-0.25, -0.2) is 0 Å². The molecule has 3 rings (SSSR count). The van der Waals surface area contributed by atoms with Gasteiger partial charge in [0.25, 0.3) is 0 Å². The molecule has 17 heavy (non-hydrogen) atoms. The molecular weight excluding hydrogens is 214 g/mol. The lowest BCUT2D eigenvalue weighted by Gasteiger charge is -2.28. The number of fused-ring (bicyclic) bond motifs is 1. The van der Waals surface area contributed by atoms with Crippen LogP contribution in [-0.4, -0.2) is 11.8 Å². The van der Waals surface area contributed by atoms with Crippen LogP contribution in [0.25, 0.3) is 0 Å². The fourth-order valence-corrected chi connectivity index (χ4v) is 1.84. The molecule has 3 heteroatoms. The molecule has 0 N–H and O–H groups in total. The van der Waals surface area contributed by atoms with Crippen molar-refractivity contribution >= 4 is 0 Å². The van der Waals surface area contributed by atoms with Crippen LogP contribution in [0.5, 0.6) is 11.5 Å². The van der Waals surface area contributed by atoms with Gasteiger partial charge < -0.3 is 9.57 Å². The van der Waals surface area contributed by atoms with Crippen molar-refractivity contribution in [1.29, 1.82) is 0 Å². The number of para-hydroxylation sites is 2. The first kappa shape index (κ1) is 10.2. The van der Waals surface area contributed by atoms with Gasteiger partial charge in [0.15, 0.2) is 6.73 Å². The fraction of sp³-hybridized carbons (Fsp3) is 0.143. The van der Waals surface area contributed by atoms with Crippen molar-refractivity contribution in [3.63, 3.8) is 0 Å². The molecule has 0 aromatic heterocycles. The number of hydroxylamine groups is 2. The Hall–Kier alpha value is -2.00. The van der Waals surface area contributed by atoms with Crippen molar-refractivity contribution < 1.29 is 9.57 Å². The maximum absolute atomic E-state index is 5.72. The first-order valence-corrected chi connectivity index (χ1v) is 5.60. The smallest absolute Gasteiger partial charge is 0.174 e. The average molecular weight is 227 g/mol. The summed E-state index contributed by atoms with van der Waals surface area (Å²) in [6.07, 6.45) is 0. The Balaban J connectivity index is 1.72. The van der Waals surface area contributed by atoms with Crippen molar-refractivity contribution in [2.75, 3.05) is 6.73 Å². The molecule has 1 aliphatic heterocycles. The second-order valence-corrected chi connectivity index (χ2v) is 3.93. The zero-order valence-corrected chi connectivity index (χ0v) is 9.37. The summed E-state index contributed by atoms with van der Waals surface area (Å²) in [7, 11) is 0. The summed E-state index contributed by atoms with van der Waals surface area (Å²) >= 11 is 0. The summed E-state index contributed by atoms with van der Waals surface area (Å²) in [4.78, 5) is 5.72. The fourth-order valence-electron chi connectivity index (χ4n) is 1.84. The minimum absolute atomic E-state index is 0.450. The molecule has 0 bridgehead atoms. The second-order valence-electron chi connectivity index (χ2n) is 3.93. The molecule has 0 amide bonds. The van der Waals surface area contributed by atoms with E-state index >= 15 is 0 Å². The highest BCUT2D eigenvalue weighted by Gasteiger charge is 2.17. The van der Waals surface area contributed by atoms with Gasteiger partial charge in [-0.1, -0.05) is 36.4 Å². The normalized spacial score (nSPS) is 14.8. The highest BCUT2D eigenvalue weighted by Crippen LogP contribution is 2.25. The van der Waals surface area contributed by atoms with Crippen LogP contribution in [0.4, 0.5) is 0 Å². The van der Waals surface area contributed by atoms with E-state index < -0.39 is 0 Å². The van der Waals surface area contributed by atoms with Crippen LogP contribution < -0.4 is 9.57 Å². The van der Waals surface area contributed by atoms with Crippen molar-refractivity contribution in [3.05, 3.63) is 60.2 Å². The van der Waals surface area contributed by atoms with Crippen LogP contribution >= 0.6 is 0 Å². The van der Waals surface area contributed by atoms with Gasteiger partial charge in [-0.2, -0.15) is 0 Å². The molecule has 0 atom stereocenters. The standard InChI is InChI=1S/C14H13NO2/c1-2-7-13(8-3-1)17-15-10-12-6-4-5-9-14(12)16-11-15/h1-9H,10-11H2. The van der Waals surface area contributed by atoms with Crippen LogP contribution in [0.15, 0.2) is 54.6 Å². The van der Waals surface area contributed by atoms with E-state index in [1.807, 2.05) is 48.5 Å². The lowest BCUT2D eigenvalue weighted by molar-refractivity contribution is -0.124. The van der Waals surface area contributed by atoms with Crippen molar-refractivity contribution in [1.82, 2.24) is 5.06 Å². The van der Waals surface area contributed by atoms with E-state index in [1.54, 1.807) is 5.06 Å². The predicted molar refractivity (Wildman–Crippen MR) is 64.6 cm³/mol. The second kappa shape index (κ2) is 4.47. The van der Waals surface area contributed by atoms with Crippen molar-refractivity contribution in [2.24, 2.45) is 0 Å². The molecule has 0 unspecified atom stereocenters. The minimum Gasteiger partial charge on any atom is -0.475 e. The number of benzene rings is 2. The number of hydrogen-bond acceptors (Lipinski definition) is 3. The molecule has 0 fully saturated rings. The minimum atomic E-state index is 0.450. The maximum atomic E-state index is 5.72. The largest absolute Gasteiger partial charge is 0.475 e. The van der Waals surface area contributed by atoms with Gasteiger partial charge in [0.05, 0.1) is 6.54 Å². The van der Waals surface area contributed by atoms with Crippen molar-refractivity contribution in [2.45, 2.75) is 6.54 Å². The molecule has 1 heterocycles. The van der Waals surface area contributed by atoms with Gasteiger partial charge in [-0.3, -0.25) is 0 Å². The lowest BCUT2D eigenvalue weighted by atomic mass is 10.2. The summed E-state index contributed by atoms with van der Waals surface area (Å²) in [5, 5.41) is 1.80. The Morgan fingerprint density at radius 3 is 2.59 bits per heavy atom. The molecule has 0 aliphatic carbocycles. The maximum Gasteiger partial charge on any atom is 0.174 e.